The molecule has 184 valence electrons. The van der Waals surface area contributed by atoms with Crippen molar-refractivity contribution in [2.45, 2.75) is 19.0 Å². The molecule has 3 aromatic rings. The van der Waals surface area contributed by atoms with Gasteiger partial charge < -0.3 is 9.64 Å². The van der Waals surface area contributed by atoms with Crippen molar-refractivity contribution in [3.05, 3.63) is 89.8 Å². The van der Waals surface area contributed by atoms with Crippen molar-refractivity contribution in [3.63, 3.8) is 0 Å². The third-order valence-corrected chi connectivity index (χ3v) is 8.45. The van der Waals surface area contributed by atoms with Crippen LogP contribution in [-0.4, -0.2) is 35.3 Å². The van der Waals surface area contributed by atoms with E-state index in [2.05, 4.69) is 15.9 Å². The Kier molecular flexibility index (Phi) is 6.72. The number of carbonyl (C=O) groups excluding carboxylic acids is 3. The molecular weight excluding hydrogens is 614 g/mol. The van der Waals surface area contributed by atoms with Gasteiger partial charge in [0.15, 0.2) is 0 Å². The van der Waals surface area contributed by atoms with Gasteiger partial charge in [0.25, 0.3) is 17.7 Å². The van der Waals surface area contributed by atoms with Gasteiger partial charge in [-0.2, -0.15) is 0 Å². The minimum absolute atomic E-state index is 0.135. The Bertz CT molecular complexity index is 1380. The molecule has 3 amide bonds. The maximum atomic E-state index is 13.6. The van der Waals surface area contributed by atoms with E-state index < -0.39 is 29.8 Å². The largest absolute Gasteiger partial charge is 0.494 e. The summed E-state index contributed by atoms with van der Waals surface area (Å²) in [4.78, 5) is 43.0. The number of amides is 3. The first-order chi connectivity index (χ1) is 17.2. The van der Waals surface area contributed by atoms with Crippen LogP contribution < -0.4 is 9.64 Å². The molecule has 11 heteroatoms. The van der Waals surface area contributed by atoms with Crippen molar-refractivity contribution < 1.29 is 19.1 Å². The SMILES string of the molecule is CCOc1ccc([C@@H]2[C@@H](N3C(=O)c4c(Cl)c(Cl)c(Cl)c(Cl)c4C3=O)C(=O)N2c2ccc(Br)cc2)cc1. The van der Waals surface area contributed by atoms with Crippen LogP contribution in [0.15, 0.2) is 53.0 Å². The van der Waals surface area contributed by atoms with E-state index in [0.717, 1.165) is 9.37 Å². The number of carbonyl (C=O) groups is 3. The highest BCUT2D eigenvalue weighted by Gasteiger charge is 2.58. The van der Waals surface area contributed by atoms with Crippen LogP contribution in [0.4, 0.5) is 5.69 Å². The average Bonchev–Trinajstić information content (AvgIpc) is 3.12. The summed E-state index contributed by atoms with van der Waals surface area (Å²) in [6.45, 7) is 2.37. The zero-order valence-electron chi connectivity index (χ0n) is 18.4. The minimum atomic E-state index is -1.14. The van der Waals surface area contributed by atoms with Gasteiger partial charge in [0.1, 0.15) is 11.8 Å². The number of hydrogen-bond acceptors (Lipinski definition) is 4. The summed E-state index contributed by atoms with van der Waals surface area (Å²) >= 11 is 28.3. The van der Waals surface area contributed by atoms with Crippen molar-refractivity contribution in [3.8, 4) is 5.75 Å². The fraction of sp³-hybridized carbons (Fsp3) is 0.160. The lowest BCUT2D eigenvalue weighted by Gasteiger charge is -2.49. The van der Waals surface area contributed by atoms with Crippen LogP contribution in [0.25, 0.3) is 0 Å². The molecule has 0 N–H and O–H groups in total. The molecule has 2 atom stereocenters. The molecule has 2 aliphatic rings. The number of imide groups is 1. The Labute approximate surface area is 234 Å². The molecule has 2 heterocycles. The van der Waals surface area contributed by atoms with Crippen molar-refractivity contribution in [2.24, 2.45) is 0 Å². The van der Waals surface area contributed by atoms with E-state index in [1.165, 1.54) is 0 Å². The Hall–Kier alpha value is -2.29. The summed E-state index contributed by atoms with van der Waals surface area (Å²) in [5, 5.41) is -0.638. The number of anilines is 1. The monoisotopic (exact) mass is 626 g/mol. The predicted molar refractivity (Wildman–Crippen MR) is 143 cm³/mol. The Morgan fingerprint density at radius 3 is 1.78 bits per heavy atom. The van der Waals surface area contributed by atoms with E-state index in [9.17, 15) is 14.4 Å². The summed E-state index contributed by atoms with van der Waals surface area (Å²) in [6.07, 6.45) is 0. The molecule has 36 heavy (non-hydrogen) atoms. The van der Waals surface area contributed by atoms with Crippen LogP contribution in [0, 0.1) is 0 Å². The fourth-order valence-corrected chi connectivity index (χ4v) is 5.77. The van der Waals surface area contributed by atoms with Gasteiger partial charge in [-0.05, 0) is 48.9 Å². The quantitative estimate of drug-likeness (QED) is 0.130. The van der Waals surface area contributed by atoms with Gasteiger partial charge in [-0.15, -0.1) is 0 Å². The van der Waals surface area contributed by atoms with Gasteiger partial charge in [0, 0.05) is 10.2 Å². The van der Waals surface area contributed by atoms with Crippen molar-refractivity contribution in [1.29, 1.82) is 0 Å². The first-order valence-corrected chi connectivity index (χ1v) is 13.0. The van der Waals surface area contributed by atoms with Gasteiger partial charge in [-0.3, -0.25) is 19.3 Å². The standard InChI is InChI=1S/C25H15BrCl4N2O4/c1-2-36-14-9-3-11(4-10-14)21-22(25(35)31(21)13-7-5-12(26)6-8-13)32-23(33)15-16(24(32)34)18(28)20(30)19(29)17(15)27/h3-10,21-22H,2H2,1H3/t21-,22-/m1/s1. The van der Waals surface area contributed by atoms with E-state index in [1.54, 1.807) is 53.4 Å². The smallest absolute Gasteiger partial charge is 0.264 e. The minimum Gasteiger partial charge on any atom is -0.494 e. The third kappa shape index (κ3) is 3.80. The molecule has 6 nitrogen and oxygen atoms in total. The lowest BCUT2D eigenvalue weighted by atomic mass is 9.86. The molecular formula is C25H15BrCl4N2O4. The maximum absolute atomic E-state index is 13.6. The normalized spacial score (nSPS) is 19.0. The van der Waals surface area contributed by atoms with Gasteiger partial charge in [-0.25, -0.2) is 0 Å². The van der Waals surface area contributed by atoms with E-state index >= 15 is 0 Å². The first kappa shape index (κ1) is 25.4. The van der Waals surface area contributed by atoms with Crippen LogP contribution in [0.1, 0.15) is 39.2 Å². The van der Waals surface area contributed by atoms with E-state index in [4.69, 9.17) is 51.1 Å². The fourth-order valence-electron chi connectivity index (χ4n) is 4.49. The molecule has 1 fully saturated rings. The van der Waals surface area contributed by atoms with E-state index in [0.29, 0.717) is 23.6 Å². The lowest BCUT2D eigenvalue weighted by Crippen LogP contribution is -2.67. The van der Waals surface area contributed by atoms with Crippen LogP contribution in [0.5, 0.6) is 5.75 Å². The van der Waals surface area contributed by atoms with Crippen LogP contribution in [-0.2, 0) is 4.79 Å². The highest BCUT2D eigenvalue weighted by atomic mass is 79.9. The zero-order valence-corrected chi connectivity index (χ0v) is 23.0. The van der Waals surface area contributed by atoms with Crippen molar-refractivity contribution in [2.75, 3.05) is 11.5 Å². The molecule has 1 saturated heterocycles. The molecule has 0 bridgehead atoms. The predicted octanol–water partition coefficient (Wildman–Crippen LogP) is 7.21. The zero-order chi connectivity index (χ0) is 25.9. The second kappa shape index (κ2) is 9.54. The summed E-state index contributed by atoms with van der Waals surface area (Å²) in [6, 6.07) is 12.5. The summed E-state index contributed by atoms with van der Waals surface area (Å²) in [5.74, 6) is -1.30. The molecule has 0 aliphatic carbocycles. The topological polar surface area (TPSA) is 66.9 Å². The third-order valence-electron chi connectivity index (χ3n) is 6.12. The number of rotatable bonds is 5. The lowest BCUT2D eigenvalue weighted by molar-refractivity contribution is -0.130. The Morgan fingerprint density at radius 2 is 1.28 bits per heavy atom. The van der Waals surface area contributed by atoms with Gasteiger partial charge in [0.2, 0.25) is 0 Å². The molecule has 3 aromatic carbocycles. The number of halogens is 5. The molecule has 2 aliphatic heterocycles. The highest BCUT2D eigenvalue weighted by Crippen LogP contribution is 2.49. The van der Waals surface area contributed by atoms with Crippen LogP contribution in [0.3, 0.4) is 0 Å². The van der Waals surface area contributed by atoms with Crippen molar-refractivity contribution >= 4 is 85.7 Å². The molecule has 5 rings (SSSR count). The number of fused-ring (bicyclic) bond motifs is 1. The van der Waals surface area contributed by atoms with E-state index in [-0.39, 0.29) is 31.2 Å². The molecule has 0 spiro atoms. The van der Waals surface area contributed by atoms with E-state index in [1.807, 2.05) is 6.92 Å². The van der Waals surface area contributed by atoms with Gasteiger partial charge in [-0.1, -0.05) is 74.5 Å². The maximum Gasteiger partial charge on any atom is 0.264 e. The summed E-state index contributed by atoms with van der Waals surface area (Å²) < 4.78 is 6.37. The van der Waals surface area contributed by atoms with Crippen LogP contribution >= 0.6 is 62.3 Å². The van der Waals surface area contributed by atoms with Gasteiger partial charge >= 0.3 is 0 Å². The second-order valence-electron chi connectivity index (χ2n) is 8.06. The van der Waals surface area contributed by atoms with Crippen molar-refractivity contribution in [1.82, 2.24) is 4.90 Å². The summed E-state index contributed by atoms with van der Waals surface area (Å²) in [5.41, 5.74) is 0.982. The molecule has 0 radical (unpaired) electrons. The van der Waals surface area contributed by atoms with Gasteiger partial charge in [0.05, 0.1) is 43.9 Å². The Balaban J connectivity index is 1.60. The Morgan fingerprint density at radius 1 is 0.750 bits per heavy atom. The second-order valence-corrected chi connectivity index (χ2v) is 10.5. The number of nitrogens with zero attached hydrogens (tertiary/aromatic N) is 2. The molecule has 0 saturated carbocycles. The number of ether oxygens (including phenoxy) is 1. The highest BCUT2D eigenvalue weighted by molar-refractivity contribution is 9.10. The first-order valence-electron chi connectivity index (χ1n) is 10.7. The summed E-state index contributed by atoms with van der Waals surface area (Å²) in [7, 11) is 0. The average molecular weight is 629 g/mol. The molecule has 0 aromatic heterocycles. The number of β-lactam (4-membered cyclic amide) rings is 1. The number of benzene rings is 3. The number of hydrogen-bond donors (Lipinski definition) is 0. The van der Waals surface area contributed by atoms with Crippen LogP contribution in [0.2, 0.25) is 20.1 Å². The molecule has 0 unspecified atom stereocenters.